The van der Waals surface area contributed by atoms with E-state index in [1.54, 1.807) is 7.11 Å². The van der Waals surface area contributed by atoms with Gasteiger partial charge in [-0.2, -0.15) is 0 Å². The van der Waals surface area contributed by atoms with Crippen LogP contribution in [0.25, 0.3) is 0 Å². The molecule has 120 valence electrons. The number of hydrogen-bond donors (Lipinski definition) is 2. The Morgan fingerprint density at radius 1 is 1.17 bits per heavy atom. The highest BCUT2D eigenvalue weighted by Gasteiger charge is 2.33. The summed E-state index contributed by atoms with van der Waals surface area (Å²) < 4.78 is 5.20. The number of carbonyl (C=O) groups is 1. The fourth-order valence-electron chi connectivity index (χ4n) is 2.72. The molecule has 0 aromatic heterocycles. The van der Waals surface area contributed by atoms with Crippen LogP contribution < -0.4 is 15.4 Å². The lowest BCUT2D eigenvalue weighted by Crippen LogP contribution is -2.38. The molecular weight excluding hydrogens is 288 g/mol. The maximum absolute atomic E-state index is 12.2. The van der Waals surface area contributed by atoms with Gasteiger partial charge in [0.15, 0.2) is 0 Å². The van der Waals surface area contributed by atoms with Crippen molar-refractivity contribution in [3.05, 3.63) is 65.7 Å². The van der Waals surface area contributed by atoms with Gasteiger partial charge in [-0.15, -0.1) is 0 Å². The van der Waals surface area contributed by atoms with Crippen molar-refractivity contribution in [2.24, 2.45) is 5.92 Å². The van der Waals surface area contributed by atoms with Crippen LogP contribution in [0.2, 0.25) is 0 Å². The highest BCUT2D eigenvalue weighted by atomic mass is 16.5. The molecule has 3 rings (SSSR count). The van der Waals surface area contributed by atoms with Crippen molar-refractivity contribution >= 4 is 6.03 Å². The molecule has 0 saturated heterocycles. The normalized spacial score (nSPS) is 14.8. The fourth-order valence-corrected chi connectivity index (χ4v) is 2.72. The predicted molar refractivity (Wildman–Crippen MR) is 90.3 cm³/mol. The standard InChI is InChI=1S/C19H22N2O2/c1-23-17-9-5-6-14(12-17)13-20-19(22)21-18(16-10-11-16)15-7-3-2-4-8-15/h2-9,12,16,18H,10-11,13H2,1H3,(H2,20,21,22). The fraction of sp³-hybridized carbons (Fsp3) is 0.316. The van der Waals surface area contributed by atoms with Crippen molar-refractivity contribution in [2.75, 3.05) is 7.11 Å². The Labute approximate surface area is 136 Å². The Bertz CT molecular complexity index is 653. The van der Waals surface area contributed by atoms with Crippen molar-refractivity contribution in [1.29, 1.82) is 0 Å². The molecule has 0 bridgehead atoms. The average Bonchev–Trinajstić information content (AvgIpc) is 3.44. The third kappa shape index (κ3) is 4.25. The number of benzene rings is 2. The van der Waals surface area contributed by atoms with Crippen molar-refractivity contribution in [3.8, 4) is 5.75 Å². The number of urea groups is 1. The summed E-state index contributed by atoms with van der Waals surface area (Å²) >= 11 is 0. The zero-order chi connectivity index (χ0) is 16.1. The van der Waals surface area contributed by atoms with Crippen LogP contribution in [0.15, 0.2) is 54.6 Å². The van der Waals surface area contributed by atoms with Crippen molar-refractivity contribution < 1.29 is 9.53 Å². The highest BCUT2D eigenvalue weighted by Crippen LogP contribution is 2.40. The van der Waals surface area contributed by atoms with E-state index >= 15 is 0 Å². The van der Waals surface area contributed by atoms with E-state index < -0.39 is 0 Å². The van der Waals surface area contributed by atoms with E-state index in [1.807, 2.05) is 42.5 Å². The summed E-state index contributed by atoms with van der Waals surface area (Å²) in [5.74, 6) is 1.35. The van der Waals surface area contributed by atoms with Gasteiger partial charge in [0.2, 0.25) is 0 Å². The van der Waals surface area contributed by atoms with Crippen LogP contribution in [0.3, 0.4) is 0 Å². The van der Waals surface area contributed by atoms with E-state index in [-0.39, 0.29) is 12.1 Å². The maximum Gasteiger partial charge on any atom is 0.315 e. The molecule has 23 heavy (non-hydrogen) atoms. The molecular formula is C19H22N2O2. The number of nitrogens with one attached hydrogen (secondary N) is 2. The van der Waals surface area contributed by atoms with Gasteiger partial charge >= 0.3 is 6.03 Å². The third-order valence-electron chi connectivity index (χ3n) is 4.13. The largest absolute Gasteiger partial charge is 0.497 e. The number of carbonyl (C=O) groups excluding carboxylic acids is 1. The molecule has 0 radical (unpaired) electrons. The van der Waals surface area contributed by atoms with Gasteiger partial charge in [0.25, 0.3) is 0 Å². The Balaban J connectivity index is 1.57. The van der Waals surface area contributed by atoms with Crippen molar-refractivity contribution in [1.82, 2.24) is 10.6 Å². The number of methoxy groups -OCH3 is 1. The van der Waals surface area contributed by atoms with E-state index in [4.69, 9.17) is 4.74 Å². The molecule has 1 saturated carbocycles. The molecule has 1 aliphatic carbocycles. The molecule has 2 N–H and O–H groups in total. The van der Waals surface area contributed by atoms with E-state index in [0.29, 0.717) is 12.5 Å². The van der Waals surface area contributed by atoms with E-state index in [0.717, 1.165) is 11.3 Å². The van der Waals surface area contributed by atoms with Crippen LogP contribution in [0.4, 0.5) is 4.79 Å². The smallest absolute Gasteiger partial charge is 0.315 e. The quantitative estimate of drug-likeness (QED) is 0.855. The zero-order valence-corrected chi connectivity index (χ0v) is 13.3. The van der Waals surface area contributed by atoms with Gasteiger partial charge in [-0.25, -0.2) is 4.79 Å². The van der Waals surface area contributed by atoms with Crippen LogP contribution in [0, 0.1) is 5.92 Å². The summed E-state index contributed by atoms with van der Waals surface area (Å²) in [6, 6.07) is 17.9. The summed E-state index contributed by atoms with van der Waals surface area (Å²) in [6.45, 7) is 0.481. The first kappa shape index (κ1) is 15.4. The molecule has 0 spiro atoms. The van der Waals surface area contributed by atoms with Crippen LogP contribution in [-0.4, -0.2) is 13.1 Å². The third-order valence-corrected chi connectivity index (χ3v) is 4.13. The molecule has 1 atom stereocenters. The molecule has 2 aromatic rings. The van der Waals surface area contributed by atoms with Gasteiger partial charge in [-0.3, -0.25) is 0 Å². The monoisotopic (exact) mass is 310 g/mol. The Hall–Kier alpha value is -2.49. The average molecular weight is 310 g/mol. The number of rotatable bonds is 6. The second kappa shape index (κ2) is 7.18. The molecule has 4 heteroatoms. The molecule has 1 aliphatic rings. The SMILES string of the molecule is COc1cccc(CNC(=O)NC(c2ccccc2)C2CC2)c1. The van der Waals surface area contributed by atoms with Gasteiger partial charge in [0.05, 0.1) is 13.2 Å². The Morgan fingerprint density at radius 2 is 1.96 bits per heavy atom. The molecule has 2 amide bonds. The summed E-state index contributed by atoms with van der Waals surface area (Å²) in [5.41, 5.74) is 2.19. The predicted octanol–water partition coefficient (Wildman–Crippen LogP) is 3.65. The van der Waals surface area contributed by atoms with Crippen LogP contribution >= 0.6 is 0 Å². The van der Waals surface area contributed by atoms with Crippen molar-refractivity contribution in [3.63, 3.8) is 0 Å². The second-order valence-corrected chi connectivity index (χ2v) is 5.90. The molecule has 0 heterocycles. The lowest BCUT2D eigenvalue weighted by atomic mass is 10.0. The summed E-state index contributed by atoms with van der Waals surface area (Å²) in [4.78, 5) is 12.2. The summed E-state index contributed by atoms with van der Waals surface area (Å²) in [5, 5.41) is 6.04. The van der Waals surface area contributed by atoms with Crippen LogP contribution in [0.5, 0.6) is 5.75 Å². The van der Waals surface area contributed by atoms with Crippen LogP contribution in [-0.2, 0) is 6.54 Å². The molecule has 0 aliphatic heterocycles. The van der Waals surface area contributed by atoms with Gasteiger partial charge in [0, 0.05) is 6.54 Å². The number of amides is 2. The topological polar surface area (TPSA) is 50.4 Å². The molecule has 4 nitrogen and oxygen atoms in total. The van der Waals surface area contributed by atoms with Gasteiger partial charge in [0.1, 0.15) is 5.75 Å². The Morgan fingerprint density at radius 3 is 2.65 bits per heavy atom. The minimum absolute atomic E-state index is 0.0986. The summed E-state index contributed by atoms with van der Waals surface area (Å²) in [7, 11) is 1.64. The molecule has 1 unspecified atom stereocenters. The lowest BCUT2D eigenvalue weighted by Gasteiger charge is -2.19. The number of ether oxygens (including phenoxy) is 1. The molecule has 2 aromatic carbocycles. The minimum atomic E-state index is -0.131. The van der Waals surface area contributed by atoms with Crippen LogP contribution in [0.1, 0.15) is 30.0 Å². The van der Waals surface area contributed by atoms with Gasteiger partial charge in [-0.05, 0) is 42.0 Å². The first-order valence-electron chi connectivity index (χ1n) is 7.98. The van der Waals surface area contributed by atoms with Gasteiger partial charge in [-0.1, -0.05) is 42.5 Å². The van der Waals surface area contributed by atoms with Crippen molar-refractivity contribution in [2.45, 2.75) is 25.4 Å². The Kier molecular flexibility index (Phi) is 4.81. The minimum Gasteiger partial charge on any atom is -0.497 e. The van der Waals surface area contributed by atoms with E-state index in [2.05, 4.69) is 22.8 Å². The summed E-state index contributed by atoms with van der Waals surface area (Å²) in [6.07, 6.45) is 2.35. The number of hydrogen-bond acceptors (Lipinski definition) is 2. The first-order valence-corrected chi connectivity index (χ1v) is 7.98. The van der Waals surface area contributed by atoms with E-state index in [1.165, 1.54) is 18.4 Å². The zero-order valence-electron chi connectivity index (χ0n) is 13.3. The van der Waals surface area contributed by atoms with E-state index in [9.17, 15) is 4.79 Å². The van der Waals surface area contributed by atoms with Gasteiger partial charge < -0.3 is 15.4 Å². The maximum atomic E-state index is 12.2. The second-order valence-electron chi connectivity index (χ2n) is 5.90. The first-order chi connectivity index (χ1) is 11.3. The molecule has 1 fully saturated rings. The lowest BCUT2D eigenvalue weighted by molar-refractivity contribution is 0.235. The highest BCUT2D eigenvalue weighted by molar-refractivity contribution is 5.74.